The maximum Gasteiger partial charge on any atom is 0.255 e. The standard InChI is InChI=1S/C22H27N5O2/c1-15-18(16(2)26-25-15)9-10-23-22(28)19-7-8-20(17-5-3-4-6-17)24-21(19)27-11-13-29-14-12-27/h3,5-8H,4,9-14H2,1-2H3,(H,23,28)(H,25,26). The number of hydrogen-bond donors (Lipinski definition) is 2. The summed E-state index contributed by atoms with van der Waals surface area (Å²) in [6, 6.07) is 3.83. The fraction of sp³-hybridized carbons (Fsp3) is 0.409. The third kappa shape index (κ3) is 4.24. The number of H-pyrrole nitrogens is 1. The molecule has 4 rings (SSSR count). The van der Waals surface area contributed by atoms with Gasteiger partial charge in [0.15, 0.2) is 0 Å². The second-order valence-electron chi connectivity index (χ2n) is 7.38. The molecule has 2 N–H and O–H groups in total. The third-order valence-electron chi connectivity index (χ3n) is 5.44. The predicted molar refractivity (Wildman–Crippen MR) is 113 cm³/mol. The molecule has 2 aromatic rings. The molecule has 1 fully saturated rings. The SMILES string of the molecule is Cc1n[nH]c(C)c1CCNC(=O)c1ccc(C2=CCC=C2)nc1N1CCOCC1. The van der Waals surface area contributed by atoms with Gasteiger partial charge in [-0.25, -0.2) is 4.98 Å². The molecular weight excluding hydrogens is 366 g/mol. The number of morpholine rings is 1. The highest BCUT2D eigenvalue weighted by atomic mass is 16.5. The number of aryl methyl sites for hydroxylation is 2. The lowest BCUT2D eigenvalue weighted by atomic mass is 10.1. The average Bonchev–Trinajstić information content (AvgIpc) is 3.40. The molecule has 0 bridgehead atoms. The van der Waals surface area contributed by atoms with Gasteiger partial charge in [0.25, 0.3) is 5.91 Å². The Labute approximate surface area is 170 Å². The van der Waals surface area contributed by atoms with Crippen LogP contribution in [0, 0.1) is 13.8 Å². The van der Waals surface area contributed by atoms with Crippen LogP contribution >= 0.6 is 0 Å². The Morgan fingerprint density at radius 3 is 2.79 bits per heavy atom. The van der Waals surface area contributed by atoms with E-state index in [0.717, 1.165) is 60.0 Å². The van der Waals surface area contributed by atoms with Crippen LogP contribution in [0.15, 0.2) is 30.4 Å². The number of nitrogens with one attached hydrogen (secondary N) is 2. The molecule has 7 nitrogen and oxygen atoms in total. The van der Waals surface area contributed by atoms with Crippen molar-refractivity contribution in [1.29, 1.82) is 0 Å². The summed E-state index contributed by atoms with van der Waals surface area (Å²) in [7, 11) is 0. The molecule has 1 aliphatic heterocycles. The van der Waals surface area contributed by atoms with Crippen LogP contribution in [-0.4, -0.2) is 53.9 Å². The Bertz CT molecular complexity index is 935. The zero-order valence-corrected chi connectivity index (χ0v) is 17.0. The first-order chi connectivity index (χ1) is 14.1. The van der Waals surface area contributed by atoms with E-state index in [1.165, 1.54) is 0 Å². The van der Waals surface area contributed by atoms with Gasteiger partial charge in [0.05, 0.1) is 30.2 Å². The lowest BCUT2D eigenvalue weighted by Gasteiger charge is -2.29. The molecule has 0 unspecified atom stereocenters. The first-order valence-corrected chi connectivity index (χ1v) is 10.1. The molecule has 1 amide bonds. The summed E-state index contributed by atoms with van der Waals surface area (Å²) in [5.74, 6) is 0.639. The number of hydrogen-bond acceptors (Lipinski definition) is 5. The molecular formula is C22H27N5O2. The van der Waals surface area contributed by atoms with Gasteiger partial charge in [-0.2, -0.15) is 5.10 Å². The van der Waals surface area contributed by atoms with Gasteiger partial charge in [-0.15, -0.1) is 0 Å². The molecule has 0 atom stereocenters. The van der Waals surface area contributed by atoms with Crippen molar-refractivity contribution in [1.82, 2.24) is 20.5 Å². The minimum Gasteiger partial charge on any atom is -0.378 e. The Balaban J connectivity index is 1.53. The zero-order valence-electron chi connectivity index (χ0n) is 17.0. The van der Waals surface area contributed by atoms with Crippen molar-refractivity contribution in [3.05, 3.63) is 58.6 Å². The van der Waals surface area contributed by atoms with Crippen molar-refractivity contribution in [3.8, 4) is 0 Å². The van der Waals surface area contributed by atoms with Gasteiger partial charge in [-0.1, -0.05) is 18.2 Å². The van der Waals surface area contributed by atoms with E-state index in [4.69, 9.17) is 9.72 Å². The number of anilines is 1. The average molecular weight is 393 g/mol. The minimum absolute atomic E-state index is 0.0970. The van der Waals surface area contributed by atoms with Crippen molar-refractivity contribution >= 4 is 17.3 Å². The summed E-state index contributed by atoms with van der Waals surface area (Å²) in [5, 5.41) is 10.3. The highest BCUT2D eigenvalue weighted by molar-refractivity contribution is 5.99. The highest BCUT2D eigenvalue weighted by Crippen LogP contribution is 2.26. The number of rotatable bonds is 6. The van der Waals surface area contributed by atoms with Gasteiger partial charge >= 0.3 is 0 Å². The van der Waals surface area contributed by atoms with Gasteiger partial charge in [-0.05, 0) is 50.0 Å². The fourth-order valence-electron chi connectivity index (χ4n) is 3.79. The van der Waals surface area contributed by atoms with E-state index >= 15 is 0 Å². The van der Waals surface area contributed by atoms with Crippen LogP contribution in [0.1, 0.15) is 39.4 Å². The number of aromatic nitrogens is 3. The first kappa shape index (κ1) is 19.4. The number of allylic oxidation sites excluding steroid dienone is 4. The number of nitrogens with zero attached hydrogens (tertiary/aromatic N) is 3. The molecule has 152 valence electrons. The van der Waals surface area contributed by atoms with E-state index in [0.29, 0.717) is 25.3 Å². The second kappa shape index (κ2) is 8.61. The Kier molecular flexibility index (Phi) is 5.76. The van der Waals surface area contributed by atoms with Gasteiger partial charge < -0.3 is 15.0 Å². The highest BCUT2D eigenvalue weighted by Gasteiger charge is 2.22. The summed E-state index contributed by atoms with van der Waals surface area (Å²) >= 11 is 0. The molecule has 29 heavy (non-hydrogen) atoms. The van der Waals surface area contributed by atoms with Crippen molar-refractivity contribution in [2.45, 2.75) is 26.7 Å². The fourth-order valence-corrected chi connectivity index (χ4v) is 3.79. The molecule has 2 aliphatic rings. The number of aromatic amines is 1. The topological polar surface area (TPSA) is 83.1 Å². The van der Waals surface area contributed by atoms with E-state index in [-0.39, 0.29) is 5.91 Å². The van der Waals surface area contributed by atoms with Crippen LogP contribution < -0.4 is 10.2 Å². The van der Waals surface area contributed by atoms with Crippen LogP contribution in [0.3, 0.4) is 0 Å². The monoisotopic (exact) mass is 393 g/mol. The summed E-state index contributed by atoms with van der Waals surface area (Å²) in [4.78, 5) is 20.0. The van der Waals surface area contributed by atoms with Gasteiger partial charge in [0, 0.05) is 25.3 Å². The molecule has 1 saturated heterocycles. The molecule has 3 heterocycles. The van der Waals surface area contributed by atoms with Crippen molar-refractivity contribution in [2.24, 2.45) is 0 Å². The maximum absolute atomic E-state index is 13.0. The largest absolute Gasteiger partial charge is 0.378 e. The first-order valence-electron chi connectivity index (χ1n) is 10.1. The van der Waals surface area contributed by atoms with Crippen molar-refractivity contribution < 1.29 is 9.53 Å². The summed E-state index contributed by atoms with van der Waals surface area (Å²) < 4.78 is 5.48. The van der Waals surface area contributed by atoms with Crippen LogP contribution in [0.25, 0.3) is 5.57 Å². The molecule has 0 aromatic carbocycles. The Morgan fingerprint density at radius 1 is 1.28 bits per heavy atom. The zero-order chi connectivity index (χ0) is 20.2. The lowest BCUT2D eigenvalue weighted by Crippen LogP contribution is -2.39. The quantitative estimate of drug-likeness (QED) is 0.788. The van der Waals surface area contributed by atoms with Gasteiger partial charge in [0.1, 0.15) is 5.82 Å². The number of ether oxygens (including phenoxy) is 1. The lowest BCUT2D eigenvalue weighted by molar-refractivity contribution is 0.0952. The molecule has 7 heteroatoms. The Hall–Kier alpha value is -2.93. The summed E-state index contributed by atoms with van der Waals surface area (Å²) in [5.41, 5.74) is 5.81. The van der Waals surface area contributed by atoms with E-state index in [9.17, 15) is 4.79 Å². The molecule has 0 spiro atoms. The number of carbonyl (C=O) groups excluding carboxylic acids is 1. The van der Waals surface area contributed by atoms with Crippen LogP contribution in [-0.2, 0) is 11.2 Å². The smallest absolute Gasteiger partial charge is 0.255 e. The maximum atomic E-state index is 13.0. The van der Waals surface area contributed by atoms with Gasteiger partial charge in [0.2, 0.25) is 0 Å². The van der Waals surface area contributed by atoms with Crippen LogP contribution in [0.4, 0.5) is 5.82 Å². The molecule has 0 saturated carbocycles. The predicted octanol–water partition coefficient (Wildman–Crippen LogP) is 2.57. The van der Waals surface area contributed by atoms with Crippen LogP contribution in [0.5, 0.6) is 0 Å². The molecule has 0 radical (unpaired) electrons. The van der Waals surface area contributed by atoms with Crippen molar-refractivity contribution in [2.75, 3.05) is 37.7 Å². The van der Waals surface area contributed by atoms with E-state index < -0.39 is 0 Å². The van der Waals surface area contributed by atoms with E-state index in [1.807, 2.05) is 26.0 Å². The van der Waals surface area contributed by atoms with Crippen LogP contribution in [0.2, 0.25) is 0 Å². The van der Waals surface area contributed by atoms with Crippen molar-refractivity contribution in [3.63, 3.8) is 0 Å². The third-order valence-corrected chi connectivity index (χ3v) is 5.44. The van der Waals surface area contributed by atoms with Gasteiger partial charge in [-0.3, -0.25) is 9.89 Å². The summed E-state index contributed by atoms with van der Waals surface area (Å²) in [6.07, 6.45) is 8.03. The Morgan fingerprint density at radius 2 is 2.10 bits per heavy atom. The van der Waals surface area contributed by atoms with E-state index in [1.54, 1.807) is 0 Å². The normalized spacial score (nSPS) is 16.2. The second-order valence-corrected chi connectivity index (χ2v) is 7.38. The van der Waals surface area contributed by atoms with E-state index in [2.05, 4.69) is 38.6 Å². The minimum atomic E-state index is -0.0970. The number of pyridine rings is 1. The molecule has 2 aromatic heterocycles. The summed E-state index contributed by atoms with van der Waals surface area (Å²) in [6.45, 7) is 7.30. The molecule has 1 aliphatic carbocycles. The number of carbonyl (C=O) groups is 1. The number of amides is 1.